The van der Waals surface area contributed by atoms with Gasteiger partial charge in [0.05, 0.1) is 31.9 Å². The second-order valence-corrected chi connectivity index (χ2v) is 36.6. The number of nitrogens with two attached hydrogens (primary N) is 2. The van der Waals surface area contributed by atoms with Crippen molar-refractivity contribution >= 4 is 117 Å². The van der Waals surface area contributed by atoms with Crippen molar-refractivity contribution in [1.82, 2.24) is 77.3 Å². The summed E-state index contributed by atoms with van der Waals surface area (Å²) in [6.45, 7) is 5.25. The van der Waals surface area contributed by atoms with Crippen molar-refractivity contribution in [3.63, 3.8) is 0 Å². The van der Waals surface area contributed by atoms with Gasteiger partial charge in [0.2, 0.25) is 88.6 Å². The number of carbonyl (C=O) groups excluding carboxylic acids is 15. The number of ether oxygens (including phenoxy) is 1. The zero-order chi connectivity index (χ0) is 100. The Labute approximate surface area is 801 Å². The third-order valence-corrected chi connectivity index (χ3v) is 25.9. The monoisotopic (exact) mass is 1930 g/mol. The Balaban J connectivity index is 1.07. The molecule has 0 radical (unpaired) electrons. The molecule has 3 aliphatic heterocycles. The van der Waals surface area contributed by atoms with E-state index in [0.717, 1.165) is 37.8 Å². The van der Waals surface area contributed by atoms with Gasteiger partial charge in [-0.2, -0.15) is 0 Å². The fourth-order valence-corrected chi connectivity index (χ4v) is 18.1. The number of hydrogen-bond acceptors (Lipinski definition) is 21. The van der Waals surface area contributed by atoms with Gasteiger partial charge in [-0.25, -0.2) is 8.78 Å². The number of methoxy groups -OCH3 is 1. The van der Waals surface area contributed by atoms with Gasteiger partial charge in [-0.05, 0) is 120 Å². The lowest BCUT2D eigenvalue weighted by atomic mass is 9.98. The number of nitrogens with zero attached hydrogens (tertiary/aromatic N) is 5. The summed E-state index contributed by atoms with van der Waals surface area (Å²) >= 11 is 0.711. The number of aliphatic hydroxyl groups is 1. The van der Waals surface area contributed by atoms with Crippen molar-refractivity contribution in [2.75, 3.05) is 65.9 Å². The highest BCUT2D eigenvalue weighted by molar-refractivity contribution is 8.00. The van der Waals surface area contributed by atoms with E-state index in [2.05, 4.69) is 52.8 Å². The number of primary amides is 1. The number of phenols is 1. The Morgan fingerprint density at radius 1 is 0.529 bits per heavy atom. The van der Waals surface area contributed by atoms with Crippen LogP contribution in [0, 0.1) is 23.5 Å². The Morgan fingerprint density at radius 2 is 1.05 bits per heavy atom. The number of nitrogens with one attached hydrogen (secondary N) is 10. The minimum atomic E-state index is -1.95. The van der Waals surface area contributed by atoms with Crippen LogP contribution in [0.2, 0.25) is 0 Å². The van der Waals surface area contributed by atoms with Crippen LogP contribution >= 0.6 is 11.8 Å². The first kappa shape index (κ1) is 106. The van der Waals surface area contributed by atoms with E-state index in [4.69, 9.17) is 16.2 Å². The first-order valence-corrected chi connectivity index (χ1v) is 47.0. The fraction of sp³-hybridized carbons (Fsp3) is 0.449. The number of carboxylic acid groups (broad SMARTS) is 1. The van der Waals surface area contributed by atoms with Crippen molar-refractivity contribution in [3.05, 3.63) is 203 Å². The van der Waals surface area contributed by atoms with Crippen LogP contribution in [0.25, 0.3) is 10.9 Å². The Kier molecular flexibility index (Phi) is 38.7. The van der Waals surface area contributed by atoms with Crippen LogP contribution in [-0.4, -0.2) is 290 Å². The summed E-state index contributed by atoms with van der Waals surface area (Å²) in [6.07, 6.45) is -2.84. The van der Waals surface area contributed by atoms with Crippen molar-refractivity contribution in [1.29, 1.82) is 0 Å². The number of aliphatic carboxylic acids is 1. The van der Waals surface area contributed by atoms with Gasteiger partial charge in [-0.1, -0.05) is 150 Å². The molecule has 4 heterocycles. The number of carboxylic acids is 1. The topological polar surface area (TPSA) is 535 Å². The average Bonchev–Trinajstić information content (AvgIpc) is 1.65. The zero-order valence-electron chi connectivity index (χ0n) is 78.2. The molecule has 138 heavy (non-hydrogen) atoms. The van der Waals surface area contributed by atoms with E-state index in [1.807, 2.05) is 6.92 Å². The maximum atomic E-state index is 15.9. The summed E-state index contributed by atoms with van der Waals surface area (Å²) < 4.78 is 35.4. The van der Waals surface area contributed by atoms with E-state index >= 15 is 61.9 Å². The fourth-order valence-electron chi connectivity index (χ4n) is 17.2. The maximum absolute atomic E-state index is 15.9. The smallest absolute Gasteiger partial charge is 0.305 e. The zero-order valence-corrected chi connectivity index (χ0v) is 79.0. The number of aromatic amines is 1. The molecule has 0 saturated carbocycles. The first-order valence-electron chi connectivity index (χ1n) is 45.9. The third-order valence-electron chi connectivity index (χ3n) is 24.8. The van der Waals surface area contributed by atoms with E-state index in [1.165, 1.54) is 57.4 Å². The van der Waals surface area contributed by atoms with Gasteiger partial charge in [-0.15, -0.1) is 11.8 Å². The Hall–Kier alpha value is -13.9. The van der Waals surface area contributed by atoms with Crippen molar-refractivity contribution in [2.24, 2.45) is 23.3 Å². The van der Waals surface area contributed by atoms with Crippen LogP contribution in [-0.2, 0) is 115 Å². The number of aromatic hydroxyl groups is 1. The van der Waals surface area contributed by atoms with Crippen molar-refractivity contribution in [3.8, 4) is 11.5 Å². The predicted octanol–water partition coefficient (Wildman–Crippen LogP) is 1.88. The number of unbranched alkanes of at least 4 members (excludes halogenated alkanes) is 1. The molecule has 3 aliphatic rings. The highest BCUT2D eigenvalue weighted by atomic mass is 32.2. The molecule has 3 fully saturated rings. The molecule has 1 aromatic heterocycles. The quantitative estimate of drug-likeness (QED) is 0.0388. The summed E-state index contributed by atoms with van der Waals surface area (Å²) in [5.74, 6) is -20.9. The maximum Gasteiger partial charge on any atom is 0.305 e. The number of fused-ring (bicyclic) bond motifs is 3. The molecule has 0 aliphatic carbocycles. The minimum Gasteiger partial charge on any atom is -0.508 e. The number of likely N-dealkylation sites (N-methyl/N-ethyl adjacent to an activating group) is 3. The molecule has 10 rings (SSSR count). The Morgan fingerprint density at radius 3 is 1.67 bits per heavy atom. The standard InChI is InChI=1S/C98H123F2N17O20S/c1-9-10-27-77-97(135)116-51-56(4)39-79(116)92(130)109-73(48-84(122)123)90(128)112-85(55(2)3)98(136)114(6)78(44-57-20-13-11-14-21-57)91(129)110-75(42-60-30-35-65(137-8)36-31-60)95(133)117-52-64(119)47-80(117)93(131)108-72(46-62-49-103-69-25-18-17-24-66(62)69)89(127)107-71(41-59-28-33-63(118)34-29-59)88(126)106-70(26-19-38-101)87(125)111-76(86(124)104-50-82(102)120)53-138-54-83(121)105-74(43-61-32-37-67(99)68(100)40-61)94(132)115(7)81(96(134)113(77)5)45-58-22-15-12-16-23-58/h11-18,20-25,28-37,40,49,55-56,64,70-81,85,103,118-119H,9-10,19,26-27,38-39,41-48,50-54,101H2,1-8H3,(H2,102,120)(H,104,124)(H,105,121)(H,106,126)(H,107,127)(H,108,131)(H,109,130)(H,110,129)(H,111,125)(H,112,128)(H,122,123)/t56-,64-,70-,71-,72-,73-,74-,75-,76-,77-,78+,79+,80+,81-,85-/m0/s1. The molecule has 0 spiro atoms. The normalized spacial score (nSPS) is 24.2. The number of aromatic nitrogens is 1. The lowest BCUT2D eigenvalue weighted by Crippen LogP contribution is -2.62. The number of para-hydroxylation sites is 1. The molecule has 740 valence electrons. The summed E-state index contributed by atoms with van der Waals surface area (Å²) in [5, 5.41) is 57.1. The molecule has 17 N–H and O–H groups in total. The van der Waals surface area contributed by atoms with Crippen LogP contribution in [0.4, 0.5) is 8.78 Å². The number of aliphatic hydroxyl groups excluding tert-OH is 1. The van der Waals surface area contributed by atoms with Gasteiger partial charge in [0.1, 0.15) is 90.0 Å². The summed E-state index contributed by atoms with van der Waals surface area (Å²) in [5.41, 5.74) is 14.3. The molecule has 6 aromatic carbocycles. The van der Waals surface area contributed by atoms with E-state index in [-0.39, 0.29) is 82.2 Å². The van der Waals surface area contributed by atoms with Gasteiger partial charge < -0.3 is 109 Å². The van der Waals surface area contributed by atoms with Crippen molar-refractivity contribution in [2.45, 2.75) is 202 Å². The van der Waals surface area contributed by atoms with E-state index < -0.39 is 247 Å². The molecule has 40 heteroatoms. The average molecular weight is 1930 g/mol. The molecular weight excluding hydrogens is 1810 g/mol. The molecule has 0 bridgehead atoms. The van der Waals surface area contributed by atoms with Crippen LogP contribution in [0.15, 0.2) is 158 Å². The van der Waals surface area contributed by atoms with Crippen LogP contribution in [0.3, 0.4) is 0 Å². The largest absolute Gasteiger partial charge is 0.508 e. The second kappa shape index (κ2) is 50.3. The number of phenolic OH excluding ortho intramolecular Hbond substituents is 1. The minimum absolute atomic E-state index is 0.0126. The number of rotatable bonds is 25. The van der Waals surface area contributed by atoms with Gasteiger partial charge in [0.25, 0.3) is 0 Å². The first-order chi connectivity index (χ1) is 65.8. The number of thioether (sulfide) groups is 1. The molecule has 0 unspecified atom stereocenters. The highest BCUT2D eigenvalue weighted by Gasteiger charge is 2.48. The molecule has 37 nitrogen and oxygen atoms in total. The van der Waals surface area contributed by atoms with Crippen LogP contribution in [0.5, 0.6) is 11.5 Å². The number of H-pyrrole nitrogens is 1. The van der Waals surface area contributed by atoms with E-state index in [0.29, 0.717) is 69.1 Å². The van der Waals surface area contributed by atoms with Crippen molar-refractivity contribution < 1.29 is 106 Å². The SMILES string of the molecule is CCCC[C@H]1C(=O)N2C[C@@H](C)C[C@@H]2C(=O)N[C@@H](CC(=O)O)C(=O)N[C@@H](C(C)C)C(=O)N(C)[C@H](Cc2ccccc2)C(=O)N[C@@H](Cc2ccc(OC)cc2)C(=O)N2C[C@@H](O)C[C@@H]2C(=O)N[C@@H](Cc2c[nH]c3ccccc23)C(=O)N[C@@H](Cc2ccc(O)cc2)C(=O)N[C@@H](CCCN)C(=O)N[C@H](C(=O)NCC(N)=O)CSCC(=O)N[C@@H](Cc2ccc(F)c(F)c2)C(=O)N(C)[C@@H](Cc2ccccc2)C(=O)N1C. The van der Waals surface area contributed by atoms with E-state index in [9.17, 15) is 38.9 Å². The lowest BCUT2D eigenvalue weighted by molar-refractivity contribution is -0.152. The summed E-state index contributed by atoms with van der Waals surface area (Å²) in [4.78, 5) is 249. The highest BCUT2D eigenvalue weighted by Crippen LogP contribution is 2.30. The van der Waals surface area contributed by atoms with Gasteiger partial charge >= 0.3 is 5.97 Å². The number of amides is 15. The van der Waals surface area contributed by atoms with Gasteiger partial charge in [0, 0.05) is 102 Å². The molecule has 15 atom stereocenters. The number of halogens is 2. The van der Waals surface area contributed by atoms with Gasteiger partial charge in [0.15, 0.2) is 11.6 Å². The molecular formula is C98H123F2N17O20S. The number of benzene rings is 6. The van der Waals surface area contributed by atoms with Crippen LogP contribution < -0.4 is 64.1 Å². The van der Waals surface area contributed by atoms with E-state index in [1.54, 1.807) is 136 Å². The lowest BCUT2D eigenvalue weighted by Gasteiger charge is -2.38. The Bertz CT molecular complexity index is 5490. The summed E-state index contributed by atoms with van der Waals surface area (Å²) in [6, 6.07) is 17.4. The van der Waals surface area contributed by atoms with Gasteiger partial charge in [-0.3, -0.25) is 76.7 Å². The van der Waals surface area contributed by atoms with Crippen LogP contribution in [0.1, 0.15) is 112 Å². The molecule has 3 saturated heterocycles. The third kappa shape index (κ3) is 29.1. The second-order valence-electron chi connectivity index (χ2n) is 35.5. The molecule has 15 amide bonds. The predicted molar refractivity (Wildman–Crippen MR) is 506 cm³/mol. The number of carbonyl (C=O) groups is 16. The molecule has 7 aromatic rings. The summed E-state index contributed by atoms with van der Waals surface area (Å²) in [7, 11) is 5.30. The number of hydrogen-bond donors (Lipinski definition) is 15.